The number of ether oxygens (including phenoxy) is 3. The first-order valence-corrected chi connectivity index (χ1v) is 11.1. The third kappa shape index (κ3) is 5.26. The predicted molar refractivity (Wildman–Crippen MR) is 128 cm³/mol. The van der Waals surface area contributed by atoms with Crippen molar-refractivity contribution in [3.8, 4) is 5.75 Å². The van der Waals surface area contributed by atoms with Gasteiger partial charge in [-0.1, -0.05) is 18.2 Å². The lowest BCUT2D eigenvalue weighted by Gasteiger charge is -2.25. The lowest BCUT2D eigenvalue weighted by Crippen LogP contribution is -2.37. The number of rotatable bonds is 11. The van der Waals surface area contributed by atoms with E-state index in [9.17, 15) is 9.59 Å². The monoisotopic (exact) mass is 452 g/mol. The van der Waals surface area contributed by atoms with Crippen molar-refractivity contribution in [2.45, 2.75) is 20.8 Å². The van der Waals surface area contributed by atoms with Crippen molar-refractivity contribution >= 4 is 23.1 Å². The number of carbonyl (C=O) groups excluding carboxylic acids is 2. The Hall–Kier alpha value is -3.16. The van der Waals surface area contributed by atoms with E-state index in [1.165, 1.54) is 4.90 Å². The van der Waals surface area contributed by atoms with Gasteiger partial charge in [0.2, 0.25) is 0 Å². The van der Waals surface area contributed by atoms with Gasteiger partial charge >= 0.3 is 0 Å². The second-order valence-corrected chi connectivity index (χ2v) is 7.87. The average Bonchev–Trinajstić information content (AvgIpc) is 3.06. The van der Waals surface area contributed by atoms with Crippen LogP contribution < -0.4 is 9.64 Å². The molecule has 2 amide bonds. The van der Waals surface area contributed by atoms with Crippen LogP contribution in [0.15, 0.2) is 48.2 Å². The summed E-state index contributed by atoms with van der Waals surface area (Å²) in [7, 11) is 3.22. The number of amides is 2. The van der Waals surface area contributed by atoms with Crippen LogP contribution in [0.5, 0.6) is 5.75 Å². The normalized spacial score (nSPS) is 13.8. The molecule has 1 aliphatic heterocycles. The van der Waals surface area contributed by atoms with Gasteiger partial charge in [0.15, 0.2) is 0 Å². The molecule has 2 aromatic rings. The van der Waals surface area contributed by atoms with Crippen LogP contribution in [0.4, 0.5) is 5.69 Å². The molecule has 1 heterocycles. The molecule has 0 aliphatic carbocycles. The SMILES string of the molecule is CCOc1ccc(N2C(=O)C(c3ccc(C)c(C)c3)=C(N(CCOC)CCOC)C2=O)cc1. The van der Waals surface area contributed by atoms with E-state index < -0.39 is 0 Å². The number of hydrogen-bond donors (Lipinski definition) is 0. The Morgan fingerprint density at radius 1 is 0.848 bits per heavy atom. The van der Waals surface area contributed by atoms with Gasteiger partial charge in [0.05, 0.1) is 31.1 Å². The zero-order chi connectivity index (χ0) is 24.0. The molecular weight excluding hydrogens is 420 g/mol. The number of nitrogens with zero attached hydrogens (tertiary/aromatic N) is 2. The number of benzene rings is 2. The van der Waals surface area contributed by atoms with Gasteiger partial charge in [0, 0.05) is 27.3 Å². The molecule has 0 atom stereocenters. The summed E-state index contributed by atoms with van der Waals surface area (Å²) in [6.07, 6.45) is 0. The van der Waals surface area contributed by atoms with Crippen LogP contribution >= 0.6 is 0 Å². The number of methoxy groups -OCH3 is 2. The van der Waals surface area contributed by atoms with Crippen molar-refractivity contribution in [2.24, 2.45) is 0 Å². The fourth-order valence-electron chi connectivity index (χ4n) is 3.80. The van der Waals surface area contributed by atoms with E-state index in [2.05, 4.69) is 0 Å². The molecule has 176 valence electrons. The summed E-state index contributed by atoms with van der Waals surface area (Å²) >= 11 is 0. The maximum absolute atomic E-state index is 13.7. The first kappa shape index (κ1) is 24.5. The molecule has 0 fully saturated rings. The van der Waals surface area contributed by atoms with Gasteiger partial charge in [-0.3, -0.25) is 9.59 Å². The van der Waals surface area contributed by atoms with Gasteiger partial charge in [-0.25, -0.2) is 4.90 Å². The van der Waals surface area contributed by atoms with E-state index in [-0.39, 0.29) is 11.8 Å². The van der Waals surface area contributed by atoms with Gasteiger partial charge in [0.25, 0.3) is 11.8 Å². The van der Waals surface area contributed by atoms with Crippen molar-refractivity contribution in [3.63, 3.8) is 0 Å². The lowest BCUT2D eigenvalue weighted by molar-refractivity contribution is -0.120. The molecule has 33 heavy (non-hydrogen) atoms. The van der Waals surface area contributed by atoms with Crippen LogP contribution in [0.2, 0.25) is 0 Å². The van der Waals surface area contributed by atoms with Crippen LogP contribution in [0, 0.1) is 13.8 Å². The Balaban J connectivity index is 2.10. The summed E-state index contributed by atoms with van der Waals surface area (Å²) in [5.74, 6) is -0.0171. The van der Waals surface area contributed by atoms with Crippen LogP contribution in [-0.2, 0) is 19.1 Å². The first-order valence-electron chi connectivity index (χ1n) is 11.1. The molecule has 7 heteroatoms. The van der Waals surface area contributed by atoms with Crippen LogP contribution in [-0.4, -0.2) is 63.8 Å². The zero-order valence-corrected chi connectivity index (χ0v) is 20.0. The van der Waals surface area contributed by atoms with E-state index >= 15 is 0 Å². The number of hydrogen-bond acceptors (Lipinski definition) is 6. The predicted octanol–water partition coefficient (Wildman–Crippen LogP) is 3.58. The molecular formula is C26H32N2O5. The number of imide groups is 1. The van der Waals surface area contributed by atoms with E-state index in [0.717, 1.165) is 16.7 Å². The highest BCUT2D eigenvalue weighted by molar-refractivity contribution is 6.45. The maximum Gasteiger partial charge on any atom is 0.282 e. The largest absolute Gasteiger partial charge is 0.494 e. The minimum absolute atomic E-state index is 0.345. The second kappa shape index (κ2) is 11.1. The van der Waals surface area contributed by atoms with Crippen molar-refractivity contribution in [1.82, 2.24) is 4.90 Å². The Labute approximate surface area is 195 Å². The average molecular weight is 453 g/mol. The first-order chi connectivity index (χ1) is 15.9. The molecule has 0 N–H and O–H groups in total. The molecule has 0 bridgehead atoms. The minimum atomic E-state index is -0.357. The Morgan fingerprint density at radius 2 is 1.48 bits per heavy atom. The number of carbonyl (C=O) groups is 2. The Kier molecular flexibility index (Phi) is 8.25. The quantitative estimate of drug-likeness (QED) is 0.486. The van der Waals surface area contributed by atoms with Crippen molar-refractivity contribution < 1.29 is 23.8 Å². The van der Waals surface area contributed by atoms with Crippen molar-refractivity contribution in [2.75, 3.05) is 52.0 Å². The molecule has 0 radical (unpaired) electrons. The van der Waals surface area contributed by atoms with Crippen LogP contribution in [0.3, 0.4) is 0 Å². The van der Waals surface area contributed by atoms with Gasteiger partial charge in [-0.2, -0.15) is 0 Å². The van der Waals surface area contributed by atoms with Crippen LogP contribution in [0.1, 0.15) is 23.6 Å². The molecule has 0 saturated heterocycles. The van der Waals surface area contributed by atoms with Gasteiger partial charge in [-0.05, 0) is 61.7 Å². The fraction of sp³-hybridized carbons (Fsp3) is 0.385. The summed E-state index contributed by atoms with van der Waals surface area (Å²) in [5.41, 5.74) is 4.16. The fourth-order valence-corrected chi connectivity index (χ4v) is 3.80. The summed E-state index contributed by atoms with van der Waals surface area (Å²) < 4.78 is 16.0. The minimum Gasteiger partial charge on any atom is -0.494 e. The van der Waals surface area contributed by atoms with Crippen molar-refractivity contribution in [1.29, 1.82) is 0 Å². The summed E-state index contributed by atoms with van der Waals surface area (Å²) in [6.45, 7) is 8.21. The highest BCUT2D eigenvalue weighted by atomic mass is 16.5. The van der Waals surface area contributed by atoms with E-state index in [1.54, 1.807) is 38.5 Å². The maximum atomic E-state index is 13.7. The molecule has 0 aromatic heterocycles. The van der Waals surface area contributed by atoms with Gasteiger partial charge < -0.3 is 19.1 Å². The van der Waals surface area contributed by atoms with E-state index in [1.807, 2.05) is 43.9 Å². The summed E-state index contributed by atoms with van der Waals surface area (Å²) in [6, 6.07) is 12.8. The molecule has 2 aromatic carbocycles. The summed E-state index contributed by atoms with van der Waals surface area (Å²) in [5, 5.41) is 0. The lowest BCUT2D eigenvalue weighted by atomic mass is 9.99. The molecule has 7 nitrogen and oxygen atoms in total. The topological polar surface area (TPSA) is 68.3 Å². The smallest absolute Gasteiger partial charge is 0.282 e. The standard InChI is InChI=1S/C26H32N2O5/c1-6-33-22-11-9-21(10-12-22)28-25(29)23(20-8-7-18(2)19(3)17-20)24(26(28)30)27(13-15-31-4)14-16-32-5/h7-12,17H,6,13-16H2,1-5H3. The highest BCUT2D eigenvalue weighted by Gasteiger charge is 2.42. The molecule has 3 rings (SSSR count). The van der Waals surface area contributed by atoms with E-state index in [4.69, 9.17) is 14.2 Å². The Morgan fingerprint density at radius 3 is 2.03 bits per heavy atom. The second-order valence-electron chi connectivity index (χ2n) is 7.87. The van der Waals surface area contributed by atoms with Gasteiger partial charge in [0.1, 0.15) is 11.4 Å². The third-order valence-electron chi connectivity index (χ3n) is 5.71. The number of aryl methyl sites for hydroxylation is 2. The molecule has 1 aliphatic rings. The zero-order valence-electron chi connectivity index (χ0n) is 20.0. The number of anilines is 1. The molecule has 0 spiro atoms. The molecule has 0 unspecified atom stereocenters. The summed E-state index contributed by atoms with van der Waals surface area (Å²) in [4.78, 5) is 30.6. The van der Waals surface area contributed by atoms with Crippen molar-refractivity contribution in [3.05, 3.63) is 64.9 Å². The molecule has 0 saturated carbocycles. The van der Waals surface area contributed by atoms with E-state index in [0.29, 0.717) is 55.6 Å². The van der Waals surface area contributed by atoms with Gasteiger partial charge in [-0.15, -0.1) is 0 Å². The highest BCUT2D eigenvalue weighted by Crippen LogP contribution is 2.36. The Bertz CT molecular complexity index is 1020. The van der Waals surface area contributed by atoms with Crippen LogP contribution in [0.25, 0.3) is 5.57 Å². The third-order valence-corrected chi connectivity index (χ3v) is 5.71.